The molecule has 2 aromatic rings. The Morgan fingerprint density at radius 2 is 1.59 bits per heavy atom. The van der Waals surface area contributed by atoms with E-state index in [1.165, 1.54) is 38.0 Å². The highest BCUT2D eigenvalue weighted by Crippen LogP contribution is 2.27. The number of aromatic nitrogens is 1. The summed E-state index contributed by atoms with van der Waals surface area (Å²) in [4.78, 5) is 9.01. The minimum absolute atomic E-state index is 0.422. The van der Waals surface area contributed by atoms with Crippen molar-refractivity contribution in [3.05, 3.63) is 36.9 Å². The fourth-order valence-corrected chi connectivity index (χ4v) is 4.25. The average Bonchev–Trinajstić information content (AvgIpc) is 3.24. The lowest BCUT2D eigenvalue weighted by Gasteiger charge is -2.38. The lowest BCUT2D eigenvalue weighted by atomic mass is 10.0. The fraction of sp³-hybridized carbons (Fsp3) is 0.591. The number of hydrogen-bond acceptors (Lipinski definition) is 5. The Hall–Kier alpha value is -1.85. The first kappa shape index (κ1) is 18.5. The third-order valence-corrected chi connectivity index (χ3v) is 5.98. The molecule has 1 aromatic carbocycles. The van der Waals surface area contributed by atoms with Gasteiger partial charge in [0.2, 0.25) is 0 Å². The summed E-state index contributed by atoms with van der Waals surface area (Å²) < 4.78 is 11.8. The summed E-state index contributed by atoms with van der Waals surface area (Å²) >= 11 is 0. The highest BCUT2D eigenvalue weighted by molar-refractivity contribution is 5.61. The topological polar surface area (TPSA) is 41.7 Å². The molecule has 0 aliphatic carbocycles. The van der Waals surface area contributed by atoms with Crippen LogP contribution in [0.25, 0.3) is 11.3 Å². The molecule has 146 valence electrons. The van der Waals surface area contributed by atoms with E-state index in [2.05, 4.69) is 52.9 Å². The second kappa shape index (κ2) is 8.44. The molecular weight excluding hydrogens is 338 g/mol. The number of ether oxygens (including phenoxy) is 1. The fourth-order valence-electron chi connectivity index (χ4n) is 4.25. The molecule has 2 aliphatic heterocycles. The first-order chi connectivity index (χ1) is 13.2. The SMILES string of the molecule is CC(C)N1CCC(OC2CCN(c3ccc(-c4cnco4)cc3)CC2)CC1. The molecule has 2 fully saturated rings. The van der Waals surface area contributed by atoms with Crippen molar-refractivity contribution < 1.29 is 9.15 Å². The second-order valence-corrected chi connectivity index (χ2v) is 8.06. The third kappa shape index (κ3) is 4.53. The van der Waals surface area contributed by atoms with Gasteiger partial charge in [0.1, 0.15) is 0 Å². The van der Waals surface area contributed by atoms with Gasteiger partial charge in [-0.3, -0.25) is 0 Å². The number of nitrogens with zero attached hydrogens (tertiary/aromatic N) is 3. The van der Waals surface area contributed by atoms with Crippen LogP contribution in [-0.4, -0.2) is 54.3 Å². The highest BCUT2D eigenvalue weighted by Gasteiger charge is 2.26. The van der Waals surface area contributed by atoms with Crippen molar-refractivity contribution in [2.45, 2.75) is 57.8 Å². The lowest BCUT2D eigenvalue weighted by Crippen LogP contribution is -2.43. The quantitative estimate of drug-likeness (QED) is 0.790. The van der Waals surface area contributed by atoms with E-state index in [0.29, 0.717) is 18.2 Å². The molecule has 27 heavy (non-hydrogen) atoms. The molecule has 0 spiro atoms. The molecule has 1 aromatic heterocycles. The molecule has 0 unspecified atom stereocenters. The zero-order valence-corrected chi connectivity index (χ0v) is 16.5. The number of rotatable bonds is 5. The van der Waals surface area contributed by atoms with E-state index in [1.807, 2.05) is 0 Å². The van der Waals surface area contributed by atoms with Crippen molar-refractivity contribution in [1.29, 1.82) is 0 Å². The molecule has 0 saturated carbocycles. The van der Waals surface area contributed by atoms with Gasteiger partial charge in [0.05, 0.1) is 18.4 Å². The molecular formula is C22H31N3O2. The van der Waals surface area contributed by atoms with Gasteiger partial charge in [-0.2, -0.15) is 0 Å². The van der Waals surface area contributed by atoms with Crippen LogP contribution in [0.2, 0.25) is 0 Å². The van der Waals surface area contributed by atoms with E-state index in [4.69, 9.17) is 9.15 Å². The Bertz CT molecular complexity index is 683. The van der Waals surface area contributed by atoms with Crippen LogP contribution in [0.1, 0.15) is 39.5 Å². The van der Waals surface area contributed by atoms with Crippen molar-refractivity contribution in [1.82, 2.24) is 9.88 Å². The molecule has 0 amide bonds. The van der Waals surface area contributed by atoms with Gasteiger partial charge in [-0.05, 0) is 63.8 Å². The number of benzene rings is 1. The zero-order valence-electron chi connectivity index (χ0n) is 16.5. The molecule has 5 nitrogen and oxygen atoms in total. The molecule has 0 N–H and O–H groups in total. The van der Waals surface area contributed by atoms with Gasteiger partial charge in [-0.1, -0.05) is 0 Å². The largest absolute Gasteiger partial charge is 0.444 e. The van der Waals surface area contributed by atoms with Gasteiger partial charge in [0, 0.05) is 43.5 Å². The molecule has 2 aliphatic rings. The Labute approximate surface area is 162 Å². The lowest BCUT2D eigenvalue weighted by molar-refractivity contribution is -0.0540. The van der Waals surface area contributed by atoms with Crippen LogP contribution in [0.4, 0.5) is 5.69 Å². The van der Waals surface area contributed by atoms with Gasteiger partial charge in [-0.25, -0.2) is 4.98 Å². The van der Waals surface area contributed by atoms with E-state index >= 15 is 0 Å². The average molecular weight is 370 g/mol. The van der Waals surface area contributed by atoms with Crippen molar-refractivity contribution >= 4 is 5.69 Å². The maximum absolute atomic E-state index is 6.44. The molecule has 0 radical (unpaired) electrons. The maximum atomic E-state index is 6.44. The molecule has 5 heteroatoms. The van der Waals surface area contributed by atoms with E-state index < -0.39 is 0 Å². The summed E-state index contributed by atoms with van der Waals surface area (Å²) in [6.07, 6.45) is 8.71. The minimum atomic E-state index is 0.422. The number of oxazole rings is 1. The minimum Gasteiger partial charge on any atom is -0.444 e. The Kier molecular flexibility index (Phi) is 5.79. The highest BCUT2D eigenvalue weighted by atomic mass is 16.5. The van der Waals surface area contributed by atoms with E-state index in [9.17, 15) is 0 Å². The predicted molar refractivity (Wildman–Crippen MR) is 108 cm³/mol. The van der Waals surface area contributed by atoms with Crippen LogP contribution in [0, 0.1) is 0 Å². The monoisotopic (exact) mass is 369 g/mol. The van der Waals surface area contributed by atoms with Crippen LogP contribution in [-0.2, 0) is 4.74 Å². The van der Waals surface area contributed by atoms with Crippen LogP contribution in [0.5, 0.6) is 0 Å². The van der Waals surface area contributed by atoms with Gasteiger partial charge in [0.25, 0.3) is 0 Å². The summed E-state index contributed by atoms with van der Waals surface area (Å²) in [6.45, 7) is 9.07. The summed E-state index contributed by atoms with van der Waals surface area (Å²) in [5.74, 6) is 0.817. The second-order valence-electron chi connectivity index (χ2n) is 8.06. The predicted octanol–water partition coefficient (Wildman–Crippen LogP) is 4.20. The van der Waals surface area contributed by atoms with E-state index in [-0.39, 0.29) is 0 Å². The normalized spacial score (nSPS) is 20.5. The van der Waals surface area contributed by atoms with Crippen molar-refractivity contribution in [2.75, 3.05) is 31.1 Å². The third-order valence-electron chi connectivity index (χ3n) is 5.98. The summed E-state index contributed by atoms with van der Waals surface area (Å²) in [5, 5.41) is 0. The van der Waals surface area contributed by atoms with Crippen molar-refractivity contribution in [2.24, 2.45) is 0 Å². The maximum Gasteiger partial charge on any atom is 0.181 e. The number of hydrogen-bond donors (Lipinski definition) is 0. The number of anilines is 1. The zero-order chi connectivity index (χ0) is 18.6. The van der Waals surface area contributed by atoms with Gasteiger partial charge >= 0.3 is 0 Å². The summed E-state index contributed by atoms with van der Waals surface area (Å²) in [6, 6.07) is 9.24. The number of likely N-dealkylation sites (tertiary alicyclic amines) is 1. The van der Waals surface area contributed by atoms with Gasteiger partial charge in [-0.15, -0.1) is 0 Å². The molecule has 4 rings (SSSR count). The van der Waals surface area contributed by atoms with Crippen molar-refractivity contribution in [3.63, 3.8) is 0 Å². The van der Waals surface area contributed by atoms with E-state index in [0.717, 1.165) is 37.3 Å². The van der Waals surface area contributed by atoms with Gasteiger partial charge in [0.15, 0.2) is 12.2 Å². The standard InChI is InChI=1S/C22H31N3O2/c1-17(2)24-11-7-20(8-12-24)27-21-9-13-25(14-10-21)19-5-3-18(4-6-19)22-15-23-16-26-22/h3-6,15-17,20-21H,7-14H2,1-2H3. The van der Waals surface area contributed by atoms with E-state index in [1.54, 1.807) is 6.20 Å². The van der Waals surface area contributed by atoms with Gasteiger partial charge < -0.3 is 19.0 Å². The first-order valence-corrected chi connectivity index (χ1v) is 10.3. The number of piperidine rings is 2. The summed E-state index contributed by atoms with van der Waals surface area (Å²) in [7, 11) is 0. The molecule has 0 atom stereocenters. The van der Waals surface area contributed by atoms with Crippen molar-refractivity contribution in [3.8, 4) is 11.3 Å². The Balaban J connectivity index is 1.24. The molecule has 3 heterocycles. The first-order valence-electron chi connectivity index (χ1n) is 10.3. The van der Waals surface area contributed by atoms with Crippen LogP contribution < -0.4 is 4.90 Å². The summed E-state index contributed by atoms with van der Waals surface area (Å²) in [5.41, 5.74) is 2.35. The van der Waals surface area contributed by atoms with Crippen LogP contribution >= 0.6 is 0 Å². The Morgan fingerprint density at radius 3 is 2.15 bits per heavy atom. The van der Waals surface area contributed by atoms with Crippen LogP contribution in [0.3, 0.4) is 0 Å². The Morgan fingerprint density at radius 1 is 0.963 bits per heavy atom. The molecule has 2 saturated heterocycles. The molecule has 0 bridgehead atoms. The smallest absolute Gasteiger partial charge is 0.181 e. The van der Waals surface area contributed by atoms with Crippen LogP contribution in [0.15, 0.2) is 41.3 Å².